The zero-order chi connectivity index (χ0) is 22.4. The molecule has 0 fully saturated rings. The lowest BCUT2D eigenvalue weighted by Gasteiger charge is -2.27. The van der Waals surface area contributed by atoms with Crippen molar-refractivity contribution in [2.45, 2.75) is 26.3 Å². The van der Waals surface area contributed by atoms with Crippen LogP contribution in [0.1, 0.15) is 36.2 Å². The zero-order valence-electron chi connectivity index (χ0n) is 18.7. The first-order chi connectivity index (χ1) is 14.9. The number of amides is 3. The van der Waals surface area contributed by atoms with Crippen molar-refractivity contribution >= 4 is 17.6 Å². The van der Waals surface area contributed by atoms with Crippen LogP contribution in [0, 0.1) is 6.92 Å². The molecule has 0 saturated carbocycles. The lowest BCUT2D eigenvalue weighted by molar-refractivity contribution is -0.133. The Morgan fingerprint density at radius 1 is 1.26 bits per heavy atom. The molecule has 2 heterocycles. The SMILES string of the molecule is CCNC(=O)N(CCOC)CC(=O)N1N=C(c2cccn2C)CC1c1ccc(C)cc1. The van der Waals surface area contributed by atoms with Crippen LogP contribution in [0.3, 0.4) is 0 Å². The molecule has 31 heavy (non-hydrogen) atoms. The minimum atomic E-state index is -0.286. The van der Waals surface area contributed by atoms with E-state index in [-0.39, 0.29) is 24.5 Å². The van der Waals surface area contributed by atoms with Crippen molar-refractivity contribution in [2.24, 2.45) is 12.1 Å². The fraction of sp³-hybridized carbons (Fsp3) is 0.435. The van der Waals surface area contributed by atoms with Crippen LogP contribution in [0.2, 0.25) is 0 Å². The average Bonchev–Trinajstić information content (AvgIpc) is 3.38. The molecule has 0 radical (unpaired) electrons. The second-order valence-corrected chi connectivity index (χ2v) is 7.67. The third-order valence-electron chi connectivity index (χ3n) is 5.37. The Morgan fingerprint density at radius 3 is 2.61 bits per heavy atom. The van der Waals surface area contributed by atoms with Gasteiger partial charge < -0.3 is 19.5 Å². The maximum Gasteiger partial charge on any atom is 0.317 e. The summed E-state index contributed by atoms with van der Waals surface area (Å²) in [5, 5.41) is 8.99. The molecule has 1 atom stereocenters. The molecule has 0 spiro atoms. The molecule has 1 N–H and O–H groups in total. The molecule has 0 aliphatic carbocycles. The average molecular weight is 426 g/mol. The van der Waals surface area contributed by atoms with Crippen LogP contribution in [-0.2, 0) is 16.6 Å². The van der Waals surface area contributed by atoms with E-state index in [1.807, 2.05) is 68.1 Å². The summed E-state index contributed by atoms with van der Waals surface area (Å²) in [4.78, 5) is 27.2. The predicted molar refractivity (Wildman–Crippen MR) is 120 cm³/mol. The molecule has 1 aromatic heterocycles. The van der Waals surface area contributed by atoms with E-state index in [0.29, 0.717) is 26.1 Å². The fourth-order valence-corrected chi connectivity index (χ4v) is 3.66. The molecule has 2 aromatic rings. The van der Waals surface area contributed by atoms with Gasteiger partial charge in [-0.25, -0.2) is 9.80 Å². The fourth-order valence-electron chi connectivity index (χ4n) is 3.66. The van der Waals surface area contributed by atoms with Gasteiger partial charge in [0.05, 0.1) is 24.1 Å². The molecule has 0 bridgehead atoms. The van der Waals surface area contributed by atoms with Crippen molar-refractivity contribution in [3.05, 3.63) is 59.4 Å². The second kappa shape index (κ2) is 10.3. The molecule has 166 valence electrons. The standard InChI is InChI=1S/C23H31N5O3/c1-5-24-23(30)27(13-14-31-4)16-22(29)28-21(18-10-8-17(2)9-11-18)15-19(25-28)20-7-6-12-26(20)3/h6-12,21H,5,13-16H2,1-4H3,(H,24,30). The Hall–Kier alpha value is -3.13. The van der Waals surface area contributed by atoms with E-state index in [2.05, 4.69) is 5.32 Å². The third kappa shape index (κ3) is 5.32. The van der Waals surface area contributed by atoms with Crippen LogP contribution in [0.4, 0.5) is 4.79 Å². The number of hydrogen-bond donors (Lipinski definition) is 1. The van der Waals surface area contributed by atoms with E-state index < -0.39 is 0 Å². The van der Waals surface area contributed by atoms with E-state index in [4.69, 9.17) is 9.84 Å². The van der Waals surface area contributed by atoms with Crippen LogP contribution >= 0.6 is 0 Å². The van der Waals surface area contributed by atoms with Gasteiger partial charge in [0.2, 0.25) is 0 Å². The summed E-state index contributed by atoms with van der Waals surface area (Å²) in [7, 11) is 3.53. The van der Waals surface area contributed by atoms with Crippen molar-refractivity contribution in [3.63, 3.8) is 0 Å². The Bertz CT molecular complexity index is 935. The number of rotatable bonds is 8. The van der Waals surface area contributed by atoms with Gasteiger partial charge in [0.15, 0.2) is 0 Å². The summed E-state index contributed by atoms with van der Waals surface area (Å²) in [5.41, 5.74) is 4.01. The molecule has 1 aliphatic rings. The number of hydrazone groups is 1. The van der Waals surface area contributed by atoms with E-state index in [9.17, 15) is 9.59 Å². The molecular formula is C23H31N5O3. The highest BCUT2D eigenvalue weighted by Gasteiger charge is 2.34. The largest absolute Gasteiger partial charge is 0.383 e. The molecule has 1 aliphatic heterocycles. The van der Waals surface area contributed by atoms with Gasteiger partial charge in [-0.05, 0) is 31.5 Å². The van der Waals surface area contributed by atoms with E-state index in [0.717, 1.165) is 22.5 Å². The third-order valence-corrected chi connectivity index (χ3v) is 5.37. The minimum absolute atomic E-state index is 0.0680. The van der Waals surface area contributed by atoms with Gasteiger partial charge in [-0.3, -0.25) is 4.79 Å². The zero-order valence-corrected chi connectivity index (χ0v) is 18.7. The molecule has 3 rings (SSSR count). The lowest BCUT2D eigenvalue weighted by atomic mass is 9.99. The summed E-state index contributed by atoms with van der Waals surface area (Å²) in [6.45, 7) is 4.98. The van der Waals surface area contributed by atoms with E-state index >= 15 is 0 Å². The number of aromatic nitrogens is 1. The maximum absolute atomic E-state index is 13.3. The van der Waals surface area contributed by atoms with Crippen LogP contribution in [0.25, 0.3) is 0 Å². The number of benzene rings is 1. The molecule has 8 heteroatoms. The maximum atomic E-state index is 13.3. The summed E-state index contributed by atoms with van der Waals surface area (Å²) >= 11 is 0. The number of nitrogens with zero attached hydrogens (tertiary/aromatic N) is 4. The molecule has 0 saturated heterocycles. The van der Waals surface area contributed by atoms with Crippen LogP contribution in [0.5, 0.6) is 0 Å². The van der Waals surface area contributed by atoms with Crippen LogP contribution in [0.15, 0.2) is 47.7 Å². The van der Waals surface area contributed by atoms with Gasteiger partial charge in [-0.1, -0.05) is 29.8 Å². The number of urea groups is 1. The molecule has 1 aromatic carbocycles. The highest BCUT2D eigenvalue weighted by molar-refractivity contribution is 6.02. The van der Waals surface area contributed by atoms with Crippen molar-refractivity contribution in [1.29, 1.82) is 0 Å². The summed E-state index contributed by atoms with van der Waals surface area (Å²) in [6, 6.07) is 11.6. The van der Waals surface area contributed by atoms with Gasteiger partial charge in [0.25, 0.3) is 5.91 Å². The number of aryl methyl sites for hydroxylation is 2. The molecule has 3 amide bonds. The Morgan fingerprint density at radius 2 is 2.00 bits per heavy atom. The number of methoxy groups -OCH3 is 1. The van der Waals surface area contributed by atoms with E-state index in [1.54, 1.807) is 7.11 Å². The van der Waals surface area contributed by atoms with Crippen molar-refractivity contribution in [3.8, 4) is 0 Å². The Labute approximate surface area is 183 Å². The van der Waals surface area contributed by atoms with Gasteiger partial charge in [0, 0.05) is 39.9 Å². The number of hydrogen-bond acceptors (Lipinski definition) is 4. The highest BCUT2D eigenvalue weighted by Crippen LogP contribution is 2.33. The van der Waals surface area contributed by atoms with Crippen molar-refractivity contribution < 1.29 is 14.3 Å². The number of carbonyl (C=O) groups excluding carboxylic acids is 2. The van der Waals surface area contributed by atoms with Gasteiger partial charge in [0.1, 0.15) is 6.54 Å². The minimum Gasteiger partial charge on any atom is -0.383 e. The molecule has 8 nitrogen and oxygen atoms in total. The summed E-state index contributed by atoms with van der Waals surface area (Å²) in [6.07, 6.45) is 2.58. The van der Waals surface area contributed by atoms with Crippen molar-refractivity contribution in [1.82, 2.24) is 19.8 Å². The monoisotopic (exact) mass is 425 g/mol. The lowest BCUT2D eigenvalue weighted by Crippen LogP contribution is -2.47. The molecular weight excluding hydrogens is 394 g/mol. The first-order valence-corrected chi connectivity index (χ1v) is 10.5. The summed E-state index contributed by atoms with van der Waals surface area (Å²) in [5.74, 6) is -0.225. The quantitative estimate of drug-likeness (QED) is 0.706. The predicted octanol–water partition coefficient (Wildman–Crippen LogP) is 2.69. The van der Waals surface area contributed by atoms with Crippen LogP contribution < -0.4 is 5.32 Å². The highest BCUT2D eigenvalue weighted by atomic mass is 16.5. The second-order valence-electron chi connectivity index (χ2n) is 7.67. The van der Waals surface area contributed by atoms with Crippen molar-refractivity contribution in [2.75, 3.05) is 33.4 Å². The first-order valence-electron chi connectivity index (χ1n) is 10.5. The number of nitrogens with one attached hydrogen (secondary N) is 1. The topological polar surface area (TPSA) is 79.2 Å². The Kier molecular flexibility index (Phi) is 7.46. The van der Waals surface area contributed by atoms with Crippen LogP contribution in [-0.4, -0.2) is 65.5 Å². The van der Waals surface area contributed by atoms with Gasteiger partial charge in [-0.15, -0.1) is 0 Å². The number of carbonyl (C=O) groups is 2. The molecule has 1 unspecified atom stereocenters. The summed E-state index contributed by atoms with van der Waals surface area (Å²) < 4.78 is 7.11. The van der Waals surface area contributed by atoms with Gasteiger partial charge >= 0.3 is 6.03 Å². The normalized spacial score (nSPS) is 15.7. The van der Waals surface area contributed by atoms with Gasteiger partial charge in [-0.2, -0.15) is 5.10 Å². The Balaban J connectivity index is 1.87. The van der Waals surface area contributed by atoms with E-state index in [1.165, 1.54) is 9.91 Å². The number of ether oxygens (including phenoxy) is 1. The first kappa shape index (κ1) is 22.6. The smallest absolute Gasteiger partial charge is 0.317 e.